The van der Waals surface area contributed by atoms with Crippen LogP contribution in [-0.2, 0) is 22.0 Å². The molecular weight excluding hydrogens is 256 g/mol. The van der Waals surface area contributed by atoms with Gasteiger partial charge in [-0.05, 0) is 29.7 Å². The normalized spacial score (nSPS) is 11.4. The highest BCUT2D eigenvalue weighted by Gasteiger charge is 2.15. The quantitative estimate of drug-likeness (QED) is 0.834. The zero-order valence-electron chi connectivity index (χ0n) is 11.0. The van der Waals surface area contributed by atoms with Gasteiger partial charge in [0.2, 0.25) is 0 Å². The van der Waals surface area contributed by atoms with Crippen molar-refractivity contribution in [1.29, 1.82) is 0 Å². The Labute approximate surface area is 115 Å². The minimum Gasteiger partial charge on any atom is -0.223 e. The van der Waals surface area contributed by atoms with E-state index in [-0.39, 0.29) is 5.75 Å². The maximum Gasteiger partial charge on any atom is 0.182 e. The largest absolute Gasteiger partial charge is 0.223 e. The summed E-state index contributed by atoms with van der Waals surface area (Å²) in [6, 6.07) is 16.6. The third kappa shape index (κ3) is 3.67. The summed E-state index contributed by atoms with van der Waals surface area (Å²) in [5, 5.41) is 0. The lowest BCUT2D eigenvalue weighted by Gasteiger charge is -2.06. The second kappa shape index (κ2) is 6.02. The number of rotatable bonds is 5. The van der Waals surface area contributed by atoms with E-state index in [1.807, 2.05) is 42.5 Å². The van der Waals surface area contributed by atoms with Crippen molar-refractivity contribution < 1.29 is 8.42 Å². The second-order valence-electron chi connectivity index (χ2n) is 4.64. The first-order valence-corrected chi connectivity index (χ1v) is 8.12. The molecule has 2 aromatic rings. The van der Waals surface area contributed by atoms with Crippen LogP contribution in [0.5, 0.6) is 0 Å². The summed E-state index contributed by atoms with van der Waals surface area (Å²) >= 11 is 0. The van der Waals surface area contributed by atoms with Crippen molar-refractivity contribution in [3.8, 4) is 0 Å². The Morgan fingerprint density at radius 2 is 1.58 bits per heavy atom. The van der Waals surface area contributed by atoms with Crippen LogP contribution in [0.4, 0.5) is 0 Å². The van der Waals surface area contributed by atoms with E-state index in [1.54, 1.807) is 12.1 Å². The molecule has 0 bridgehead atoms. The third-order valence-corrected chi connectivity index (χ3v) is 4.68. The minimum atomic E-state index is -3.25. The molecule has 0 N–H and O–H groups in total. The molecule has 0 fully saturated rings. The fraction of sp³-hybridized carbons (Fsp3) is 0.250. The van der Waals surface area contributed by atoms with E-state index in [4.69, 9.17) is 0 Å². The van der Waals surface area contributed by atoms with Gasteiger partial charge in [-0.15, -0.1) is 0 Å². The minimum absolute atomic E-state index is 0.0589. The summed E-state index contributed by atoms with van der Waals surface area (Å²) in [4.78, 5) is 0.419. The lowest BCUT2D eigenvalue weighted by molar-refractivity contribution is 0.595. The van der Waals surface area contributed by atoms with Crippen LogP contribution in [0.2, 0.25) is 0 Å². The predicted molar refractivity (Wildman–Crippen MR) is 77.8 cm³/mol. The molecule has 0 radical (unpaired) electrons. The number of hydrogen-bond donors (Lipinski definition) is 0. The monoisotopic (exact) mass is 274 g/mol. The molecule has 3 heteroatoms. The van der Waals surface area contributed by atoms with E-state index in [2.05, 4.69) is 6.92 Å². The molecule has 0 unspecified atom stereocenters. The maximum absolute atomic E-state index is 12.4. The van der Waals surface area contributed by atoms with E-state index in [1.165, 1.54) is 0 Å². The molecule has 2 nitrogen and oxygen atoms in total. The van der Waals surface area contributed by atoms with Crippen LogP contribution in [0.25, 0.3) is 0 Å². The number of aryl methyl sites for hydroxylation is 1. The van der Waals surface area contributed by atoms with E-state index in [0.29, 0.717) is 4.90 Å². The zero-order valence-corrected chi connectivity index (χ0v) is 11.9. The topological polar surface area (TPSA) is 34.1 Å². The maximum atomic E-state index is 12.4. The van der Waals surface area contributed by atoms with E-state index in [9.17, 15) is 8.42 Å². The first kappa shape index (κ1) is 13.8. The Hall–Kier alpha value is -1.61. The van der Waals surface area contributed by atoms with E-state index < -0.39 is 9.84 Å². The second-order valence-corrected chi connectivity index (χ2v) is 6.63. The van der Waals surface area contributed by atoms with Gasteiger partial charge in [0.15, 0.2) is 9.84 Å². The molecule has 19 heavy (non-hydrogen) atoms. The van der Waals surface area contributed by atoms with Gasteiger partial charge in [0.1, 0.15) is 0 Å². The molecule has 0 saturated carbocycles. The summed E-state index contributed by atoms with van der Waals surface area (Å²) in [5.74, 6) is 0.0589. The molecule has 0 amide bonds. The standard InChI is InChI=1S/C16H18O2S/c1-2-7-14-10-6-11-16(12-14)19(17,18)13-15-8-4-3-5-9-15/h3-6,8-12H,2,7,13H2,1H3. The van der Waals surface area contributed by atoms with Gasteiger partial charge in [-0.3, -0.25) is 0 Å². The fourth-order valence-electron chi connectivity index (χ4n) is 2.06. The van der Waals surface area contributed by atoms with Crippen molar-refractivity contribution in [2.75, 3.05) is 0 Å². The first-order chi connectivity index (χ1) is 9.12. The van der Waals surface area contributed by atoms with Crippen molar-refractivity contribution in [2.45, 2.75) is 30.4 Å². The molecule has 0 heterocycles. The highest BCUT2D eigenvalue weighted by Crippen LogP contribution is 2.18. The average molecular weight is 274 g/mol. The van der Waals surface area contributed by atoms with Crippen molar-refractivity contribution in [3.05, 3.63) is 65.7 Å². The van der Waals surface area contributed by atoms with Crippen LogP contribution in [-0.4, -0.2) is 8.42 Å². The summed E-state index contributed by atoms with van der Waals surface area (Å²) in [6.45, 7) is 2.09. The van der Waals surface area contributed by atoms with Gasteiger partial charge < -0.3 is 0 Å². The van der Waals surface area contributed by atoms with Crippen molar-refractivity contribution in [3.63, 3.8) is 0 Å². The van der Waals surface area contributed by atoms with E-state index in [0.717, 1.165) is 24.0 Å². The average Bonchev–Trinajstić information content (AvgIpc) is 2.40. The summed E-state index contributed by atoms with van der Waals surface area (Å²) < 4.78 is 24.7. The number of benzene rings is 2. The lowest BCUT2D eigenvalue weighted by Crippen LogP contribution is -2.05. The van der Waals surface area contributed by atoms with Gasteiger partial charge in [-0.25, -0.2) is 8.42 Å². The van der Waals surface area contributed by atoms with Gasteiger partial charge in [-0.2, -0.15) is 0 Å². The highest BCUT2D eigenvalue weighted by molar-refractivity contribution is 7.90. The summed E-state index contributed by atoms with van der Waals surface area (Å²) in [7, 11) is -3.25. The molecule has 0 aliphatic heterocycles. The number of sulfone groups is 1. The Bertz CT molecular complexity index is 631. The van der Waals surface area contributed by atoms with Gasteiger partial charge in [0.25, 0.3) is 0 Å². The van der Waals surface area contributed by atoms with Gasteiger partial charge in [0.05, 0.1) is 10.6 Å². The van der Waals surface area contributed by atoms with Crippen LogP contribution < -0.4 is 0 Å². The zero-order chi connectivity index (χ0) is 13.7. The SMILES string of the molecule is CCCc1cccc(S(=O)(=O)Cc2ccccc2)c1. The van der Waals surface area contributed by atoms with Crippen molar-refractivity contribution in [1.82, 2.24) is 0 Å². The van der Waals surface area contributed by atoms with Crippen LogP contribution in [0, 0.1) is 0 Å². The lowest BCUT2D eigenvalue weighted by atomic mass is 10.1. The summed E-state index contributed by atoms with van der Waals surface area (Å²) in [6.07, 6.45) is 1.93. The smallest absolute Gasteiger partial charge is 0.182 e. The van der Waals surface area contributed by atoms with E-state index >= 15 is 0 Å². The predicted octanol–water partition coefficient (Wildman–Crippen LogP) is 3.61. The molecule has 0 aromatic heterocycles. The molecule has 0 atom stereocenters. The molecule has 0 aliphatic carbocycles. The van der Waals surface area contributed by atoms with Crippen LogP contribution in [0.3, 0.4) is 0 Å². The molecule has 2 rings (SSSR count). The van der Waals surface area contributed by atoms with Gasteiger partial charge in [-0.1, -0.05) is 55.8 Å². The van der Waals surface area contributed by atoms with Crippen LogP contribution >= 0.6 is 0 Å². The van der Waals surface area contributed by atoms with Crippen molar-refractivity contribution in [2.24, 2.45) is 0 Å². The Morgan fingerprint density at radius 3 is 2.26 bits per heavy atom. The molecule has 100 valence electrons. The van der Waals surface area contributed by atoms with Gasteiger partial charge >= 0.3 is 0 Å². The fourth-order valence-corrected chi connectivity index (χ4v) is 3.47. The Balaban J connectivity index is 2.27. The van der Waals surface area contributed by atoms with Crippen LogP contribution in [0.15, 0.2) is 59.5 Å². The highest BCUT2D eigenvalue weighted by atomic mass is 32.2. The Kier molecular flexibility index (Phi) is 4.38. The third-order valence-electron chi connectivity index (χ3n) is 3.00. The first-order valence-electron chi connectivity index (χ1n) is 6.47. The number of hydrogen-bond acceptors (Lipinski definition) is 2. The summed E-state index contributed by atoms with van der Waals surface area (Å²) in [5.41, 5.74) is 1.90. The molecule has 0 saturated heterocycles. The van der Waals surface area contributed by atoms with Gasteiger partial charge in [0, 0.05) is 0 Å². The van der Waals surface area contributed by atoms with Crippen LogP contribution in [0.1, 0.15) is 24.5 Å². The molecule has 2 aromatic carbocycles. The molecular formula is C16H18O2S. The molecule has 0 spiro atoms. The molecule has 0 aliphatic rings. The van der Waals surface area contributed by atoms with Crippen molar-refractivity contribution >= 4 is 9.84 Å². The Morgan fingerprint density at radius 1 is 0.895 bits per heavy atom.